The zero-order valence-corrected chi connectivity index (χ0v) is 24.3. The van der Waals surface area contributed by atoms with E-state index in [1.807, 2.05) is 0 Å². The van der Waals surface area contributed by atoms with E-state index in [2.05, 4.69) is 31.0 Å². The predicted molar refractivity (Wildman–Crippen MR) is 141 cm³/mol. The molecule has 4 heterocycles. The van der Waals surface area contributed by atoms with Crippen molar-refractivity contribution in [1.29, 1.82) is 0 Å². The van der Waals surface area contributed by atoms with Gasteiger partial charge in [0.05, 0.1) is 43.2 Å². The maximum atomic E-state index is 11.6. The van der Waals surface area contributed by atoms with Gasteiger partial charge in [0.15, 0.2) is 0 Å². The second-order valence-electron chi connectivity index (χ2n) is 6.75. The molecule has 0 aromatic carbocycles. The first kappa shape index (κ1) is 36.9. The number of pyridine rings is 2. The van der Waals surface area contributed by atoms with Crippen LogP contribution in [0.2, 0.25) is 0 Å². The monoisotopic (exact) mass is 681 g/mol. The molecule has 0 spiro atoms. The van der Waals surface area contributed by atoms with Gasteiger partial charge in [0.2, 0.25) is 0 Å². The van der Waals surface area contributed by atoms with Crippen molar-refractivity contribution in [3.8, 4) is 0 Å². The van der Waals surface area contributed by atoms with Crippen molar-refractivity contribution in [3.05, 3.63) is 114 Å². The summed E-state index contributed by atoms with van der Waals surface area (Å²) < 4.78 is 0. The van der Waals surface area contributed by atoms with Gasteiger partial charge < -0.3 is 24.8 Å². The van der Waals surface area contributed by atoms with Crippen LogP contribution >= 0.6 is 22.7 Å². The third kappa shape index (κ3) is 12.3. The van der Waals surface area contributed by atoms with Gasteiger partial charge in [0.25, 0.3) is 11.8 Å². The molecule has 215 valence electrons. The van der Waals surface area contributed by atoms with Crippen LogP contribution in [0.4, 0.5) is 10.0 Å². The number of carbonyl (C=O) groups excluding carboxylic acids is 2. The number of thiophene rings is 2. The van der Waals surface area contributed by atoms with Crippen molar-refractivity contribution in [2.75, 3.05) is 0 Å². The normalized spacial score (nSPS) is 9.76. The topological polar surface area (TPSA) is 195 Å². The number of hydrazone groups is 2. The Morgan fingerprint density at radius 3 is 1.41 bits per heavy atom. The van der Waals surface area contributed by atoms with Crippen LogP contribution < -0.4 is 35.7 Å². The summed E-state index contributed by atoms with van der Waals surface area (Å²) in [7, 11) is 0. The number of halogens is 2. The molecular formula is C22H16Cl2CoN8O6S2. The van der Waals surface area contributed by atoms with Crippen LogP contribution in [-0.4, -0.2) is 44.1 Å². The number of rotatable bonds is 8. The first-order valence-electron chi connectivity index (χ1n) is 10.3. The number of nitrogens with one attached hydrogen (secondary N) is 2. The average molecular weight is 682 g/mol. The number of nitro groups is 2. The molecule has 0 aliphatic heterocycles. The molecular weight excluding hydrogens is 666 g/mol. The van der Waals surface area contributed by atoms with E-state index in [0.717, 1.165) is 22.7 Å². The fraction of sp³-hybridized carbons (Fsp3) is 0. The van der Waals surface area contributed by atoms with E-state index in [-0.39, 0.29) is 51.6 Å². The summed E-state index contributed by atoms with van der Waals surface area (Å²) >= 11 is 1.95. The minimum Gasteiger partial charge on any atom is -1.00 e. The van der Waals surface area contributed by atoms with Gasteiger partial charge in [-0.3, -0.25) is 39.8 Å². The van der Waals surface area contributed by atoms with Gasteiger partial charge in [0.1, 0.15) is 0 Å². The number of amides is 2. The van der Waals surface area contributed by atoms with Crippen molar-refractivity contribution in [2.45, 2.75) is 0 Å². The SMILES string of the molecule is O=C(N/N=C/c1ccc([N+](=O)[O-])s1)c1cccnc1.O=C(N/N=C/c1ccc([N+](=O)[O-])s1)c1cccnc1.[Cl-].[Cl-].[Co+2]. The van der Waals surface area contributed by atoms with E-state index in [1.54, 1.807) is 48.8 Å². The average Bonchev–Trinajstić information content (AvgIpc) is 3.60. The van der Waals surface area contributed by atoms with Crippen LogP contribution in [0, 0.1) is 20.2 Å². The Labute approximate surface area is 262 Å². The molecule has 0 atom stereocenters. The second-order valence-corrected chi connectivity index (χ2v) is 8.94. The smallest absolute Gasteiger partial charge is 1.00 e. The minimum absolute atomic E-state index is 0. The first-order chi connectivity index (χ1) is 18.3. The fourth-order valence-corrected chi connectivity index (χ4v) is 3.84. The molecule has 0 unspecified atom stereocenters. The van der Waals surface area contributed by atoms with Gasteiger partial charge in [-0.25, -0.2) is 10.9 Å². The zero-order chi connectivity index (χ0) is 27.3. The summed E-state index contributed by atoms with van der Waals surface area (Å²) in [4.78, 5) is 51.9. The number of hydrogen-bond acceptors (Lipinski definition) is 12. The molecule has 0 saturated carbocycles. The standard InChI is InChI=1S/2C11H8N4O3S.2ClH.Co/c2*16-11(8-2-1-5-12-6-8)14-13-7-9-3-4-10(19-9)15(17)18;;;/h2*1-7H,(H,14,16);2*1H;/q;;;;+2/p-2/b2*13-7+;;;. The summed E-state index contributed by atoms with van der Waals surface area (Å²) in [6, 6.07) is 12.4. The third-order valence-electron chi connectivity index (χ3n) is 4.15. The molecule has 41 heavy (non-hydrogen) atoms. The Morgan fingerprint density at radius 2 is 1.12 bits per heavy atom. The number of hydrogen-bond donors (Lipinski definition) is 2. The van der Waals surface area contributed by atoms with Crippen LogP contribution in [0.5, 0.6) is 0 Å². The summed E-state index contributed by atoms with van der Waals surface area (Å²) in [5.74, 6) is -0.786. The van der Waals surface area contributed by atoms with Crippen LogP contribution in [-0.2, 0) is 16.8 Å². The van der Waals surface area contributed by atoms with Crippen molar-refractivity contribution in [1.82, 2.24) is 20.8 Å². The Bertz CT molecular complexity index is 1380. The molecule has 19 heteroatoms. The van der Waals surface area contributed by atoms with Gasteiger partial charge in [-0.2, -0.15) is 10.2 Å². The summed E-state index contributed by atoms with van der Waals surface area (Å²) in [5.41, 5.74) is 5.40. The quantitative estimate of drug-likeness (QED) is 0.117. The maximum Gasteiger partial charge on any atom is 2.00 e. The van der Waals surface area contributed by atoms with Crippen LogP contribution in [0.25, 0.3) is 0 Å². The van der Waals surface area contributed by atoms with E-state index < -0.39 is 21.7 Å². The molecule has 1 radical (unpaired) electrons. The van der Waals surface area contributed by atoms with Gasteiger partial charge in [-0.15, -0.1) is 0 Å². The van der Waals surface area contributed by atoms with Crippen LogP contribution in [0.15, 0.2) is 83.5 Å². The summed E-state index contributed by atoms with van der Waals surface area (Å²) in [6.07, 6.45) is 8.66. The minimum atomic E-state index is -0.476. The molecule has 2 N–H and O–H groups in total. The van der Waals surface area contributed by atoms with Crippen LogP contribution in [0.3, 0.4) is 0 Å². The molecule has 14 nitrogen and oxygen atoms in total. The van der Waals surface area contributed by atoms with Gasteiger partial charge >= 0.3 is 26.8 Å². The number of carbonyl (C=O) groups is 2. The first-order valence-corrected chi connectivity index (χ1v) is 11.9. The number of aromatic nitrogens is 2. The molecule has 0 bridgehead atoms. The van der Waals surface area contributed by atoms with Crippen molar-refractivity contribution >= 4 is 56.9 Å². The van der Waals surface area contributed by atoms with Crippen molar-refractivity contribution in [2.24, 2.45) is 10.2 Å². The maximum absolute atomic E-state index is 11.6. The Kier molecular flexibility index (Phi) is 17.1. The van der Waals surface area contributed by atoms with Gasteiger partial charge in [-0.05, 0) is 36.4 Å². The number of nitrogens with zero attached hydrogens (tertiary/aromatic N) is 6. The molecule has 4 aromatic rings. The molecule has 0 fully saturated rings. The predicted octanol–water partition coefficient (Wildman–Crippen LogP) is -2.36. The fourth-order valence-electron chi connectivity index (χ4n) is 2.45. The summed E-state index contributed by atoms with van der Waals surface area (Å²) in [5, 5.41) is 28.5. The molecule has 0 aliphatic carbocycles. The zero-order valence-electron chi connectivity index (χ0n) is 20.1. The largest absolute Gasteiger partial charge is 2.00 e. The molecule has 0 aliphatic rings. The third-order valence-corrected chi connectivity index (χ3v) is 6.09. The van der Waals surface area contributed by atoms with Crippen molar-refractivity contribution in [3.63, 3.8) is 0 Å². The molecule has 2 amide bonds. The molecule has 0 saturated heterocycles. The van der Waals surface area contributed by atoms with E-state index in [9.17, 15) is 29.8 Å². The Balaban J connectivity index is 0.000000727. The van der Waals surface area contributed by atoms with Gasteiger partial charge in [-0.1, -0.05) is 22.7 Å². The van der Waals surface area contributed by atoms with E-state index in [0.29, 0.717) is 20.9 Å². The van der Waals surface area contributed by atoms with Crippen molar-refractivity contribution < 1.29 is 61.0 Å². The van der Waals surface area contributed by atoms with E-state index in [4.69, 9.17) is 0 Å². The van der Waals surface area contributed by atoms with E-state index in [1.165, 1.54) is 37.0 Å². The van der Waals surface area contributed by atoms with Crippen LogP contribution in [0.1, 0.15) is 30.5 Å². The summed E-state index contributed by atoms with van der Waals surface area (Å²) in [6.45, 7) is 0. The molecule has 4 aromatic heterocycles. The Morgan fingerprint density at radius 1 is 0.732 bits per heavy atom. The molecule has 4 rings (SSSR count). The second kappa shape index (κ2) is 19.0. The van der Waals surface area contributed by atoms with Gasteiger partial charge in [0, 0.05) is 36.9 Å². The van der Waals surface area contributed by atoms with E-state index >= 15 is 0 Å². The Hall–Kier alpha value is -4.13.